The summed E-state index contributed by atoms with van der Waals surface area (Å²) in [5.74, 6) is 2.41. The van der Waals surface area contributed by atoms with Gasteiger partial charge in [0.15, 0.2) is 23.0 Å². The highest BCUT2D eigenvalue weighted by molar-refractivity contribution is 5.47. The number of rotatable bonds is 13. The zero-order valence-electron chi connectivity index (χ0n) is 23.6. The predicted molar refractivity (Wildman–Crippen MR) is 132 cm³/mol. The average Bonchev–Trinajstić information content (AvgIpc) is 2.86. The zero-order valence-corrected chi connectivity index (χ0v) is 20.6. The van der Waals surface area contributed by atoms with E-state index < -0.39 is 12.4 Å². The summed E-state index contributed by atoms with van der Waals surface area (Å²) >= 11 is 0. The van der Waals surface area contributed by atoms with E-state index in [-0.39, 0.29) is 5.92 Å². The van der Waals surface area contributed by atoms with Crippen molar-refractivity contribution in [3.63, 3.8) is 0 Å². The Morgan fingerprint density at radius 2 is 1.52 bits per heavy atom. The van der Waals surface area contributed by atoms with Gasteiger partial charge in [-0.3, -0.25) is 0 Å². The first-order valence-corrected chi connectivity index (χ1v) is 11.2. The van der Waals surface area contributed by atoms with Gasteiger partial charge in [-0.25, -0.2) is 0 Å². The van der Waals surface area contributed by atoms with Crippen LogP contribution in [0, 0.1) is 17.2 Å². The highest BCUT2D eigenvalue weighted by Crippen LogP contribution is 2.40. The van der Waals surface area contributed by atoms with Gasteiger partial charge in [-0.1, -0.05) is 26.0 Å². The Bertz CT molecular complexity index is 1040. The topological polar surface area (TPSA) is 64.0 Å². The summed E-state index contributed by atoms with van der Waals surface area (Å²) in [5, 5.41) is 10.3. The van der Waals surface area contributed by atoms with Crippen LogP contribution in [0.3, 0.4) is 0 Å². The van der Waals surface area contributed by atoms with Crippen LogP contribution < -0.4 is 18.9 Å². The molecule has 1 unspecified atom stereocenters. The highest BCUT2D eigenvalue weighted by atomic mass is 16.5. The Hall–Kier alpha value is -2.91. The standard InChI is InChI=1S/C27H38N2O4/c1-20(2)27(19-28,22-10-12-24(31-5)26(18-22)33-7)14-8-15-29(3)16-13-21-9-11-23(30-4)25(17-21)32-6/h9-12,17-18,20H,8,13-16H2,1-7H3/i3D3. The van der Waals surface area contributed by atoms with E-state index in [9.17, 15) is 5.26 Å². The van der Waals surface area contributed by atoms with Crippen molar-refractivity contribution in [2.24, 2.45) is 5.92 Å². The maximum atomic E-state index is 10.3. The summed E-state index contributed by atoms with van der Waals surface area (Å²) in [6.07, 6.45) is 1.60. The molecule has 0 radical (unpaired) electrons. The largest absolute Gasteiger partial charge is 0.493 e. The molecule has 2 aromatic carbocycles. The van der Waals surface area contributed by atoms with Gasteiger partial charge in [0, 0.05) is 10.7 Å². The number of ether oxygens (including phenoxy) is 4. The Balaban J connectivity index is 2.18. The quantitative estimate of drug-likeness (QED) is 0.417. The van der Waals surface area contributed by atoms with Crippen LogP contribution in [-0.2, 0) is 11.8 Å². The van der Waals surface area contributed by atoms with Crippen molar-refractivity contribution in [3.8, 4) is 29.1 Å². The monoisotopic (exact) mass is 457 g/mol. The summed E-state index contributed by atoms with van der Waals surface area (Å²) in [5.41, 5.74) is 1.01. The summed E-state index contributed by atoms with van der Waals surface area (Å²) in [6.45, 7) is 2.47. The fourth-order valence-electron chi connectivity index (χ4n) is 4.09. The fourth-order valence-corrected chi connectivity index (χ4v) is 4.09. The Labute approximate surface area is 203 Å². The van der Waals surface area contributed by atoms with Crippen molar-refractivity contribution in [2.45, 2.75) is 38.5 Å². The molecule has 0 amide bonds. The molecule has 0 aliphatic heterocycles. The van der Waals surface area contributed by atoms with Gasteiger partial charge in [0.1, 0.15) is 0 Å². The number of hydrogen-bond acceptors (Lipinski definition) is 6. The summed E-state index contributed by atoms with van der Waals surface area (Å²) in [6, 6.07) is 13.7. The van der Waals surface area contributed by atoms with Crippen LogP contribution in [0.15, 0.2) is 36.4 Å². The first kappa shape index (κ1) is 21.9. The molecule has 2 aromatic rings. The first-order valence-electron chi connectivity index (χ1n) is 12.7. The lowest BCUT2D eigenvalue weighted by Crippen LogP contribution is -2.32. The number of nitrogens with zero attached hydrogens (tertiary/aromatic N) is 2. The smallest absolute Gasteiger partial charge is 0.161 e. The molecule has 0 heterocycles. The van der Waals surface area contributed by atoms with Crippen LogP contribution in [0.25, 0.3) is 0 Å². The van der Waals surface area contributed by atoms with Crippen molar-refractivity contribution < 1.29 is 23.1 Å². The lowest BCUT2D eigenvalue weighted by molar-refractivity contribution is 0.292. The molecule has 33 heavy (non-hydrogen) atoms. The summed E-state index contributed by atoms with van der Waals surface area (Å²) in [4.78, 5) is 1.50. The summed E-state index contributed by atoms with van der Waals surface area (Å²) in [7, 11) is 6.29. The molecule has 0 aromatic heterocycles. The summed E-state index contributed by atoms with van der Waals surface area (Å²) < 4.78 is 45.6. The molecule has 2 rings (SSSR count). The molecular weight excluding hydrogens is 416 g/mol. The fraction of sp³-hybridized carbons (Fsp3) is 0.519. The number of likely N-dealkylation sites (N-methyl/N-ethyl adjacent to an activating group) is 1. The minimum absolute atomic E-state index is 0.00794. The SMILES string of the molecule is [2H]C([2H])([2H])N(CCCC(C#N)(c1ccc(OC)c(OC)c1)C(C)C)CCc1ccc(OC)c(OC)c1. The zero-order chi connectivity index (χ0) is 26.9. The lowest BCUT2D eigenvalue weighted by Gasteiger charge is -2.32. The number of methoxy groups -OCH3 is 4. The van der Waals surface area contributed by atoms with E-state index in [0.29, 0.717) is 55.4 Å². The van der Waals surface area contributed by atoms with Gasteiger partial charge in [0.05, 0.1) is 39.9 Å². The predicted octanol–water partition coefficient (Wildman–Crippen LogP) is 5.09. The maximum Gasteiger partial charge on any atom is 0.161 e. The lowest BCUT2D eigenvalue weighted by atomic mass is 9.69. The second-order valence-corrected chi connectivity index (χ2v) is 8.34. The third-order valence-corrected chi connectivity index (χ3v) is 6.20. The number of benzene rings is 2. The van der Waals surface area contributed by atoms with Gasteiger partial charge in [0.2, 0.25) is 0 Å². The molecule has 0 aliphatic rings. The van der Waals surface area contributed by atoms with E-state index in [1.807, 2.05) is 44.2 Å². The van der Waals surface area contributed by atoms with Crippen LogP contribution >= 0.6 is 0 Å². The van der Waals surface area contributed by atoms with Crippen molar-refractivity contribution in [2.75, 3.05) is 48.5 Å². The average molecular weight is 458 g/mol. The third kappa shape index (κ3) is 6.33. The molecule has 6 nitrogen and oxygen atoms in total. The molecule has 0 N–H and O–H groups in total. The van der Waals surface area contributed by atoms with Gasteiger partial charge in [0.25, 0.3) is 0 Å². The van der Waals surface area contributed by atoms with E-state index in [4.69, 9.17) is 23.1 Å². The highest BCUT2D eigenvalue weighted by Gasteiger charge is 2.36. The van der Waals surface area contributed by atoms with Crippen LogP contribution in [-0.4, -0.2) is 53.4 Å². The van der Waals surface area contributed by atoms with Crippen LogP contribution in [0.4, 0.5) is 0 Å². The normalized spacial score (nSPS) is 14.6. The van der Waals surface area contributed by atoms with E-state index in [1.54, 1.807) is 34.5 Å². The Kier molecular flexibility index (Phi) is 8.21. The molecule has 0 saturated carbocycles. The van der Waals surface area contributed by atoms with Crippen molar-refractivity contribution in [1.29, 1.82) is 5.26 Å². The van der Waals surface area contributed by atoms with Crippen molar-refractivity contribution >= 4 is 0 Å². The number of nitriles is 1. The van der Waals surface area contributed by atoms with Gasteiger partial charge in [-0.2, -0.15) is 5.26 Å². The molecule has 1 atom stereocenters. The Morgan fingerprint density at radius 1 is 0.909 bits per heavy atom. The Morgan fingerprint density at radius 3 is 2.06 bits per heavy atom. The van der Waals surface area contributed by atoms with Crippen LogP contribution in [0.1, 0.15) is 41.9 Å². The van der Waals surface area contributed by atoms with E-state index in [1.165, 1.54) is 4.90 Å². The second-order valence-electron chi connectivity index (χ2n) is 8.34. The van der Waals surface area contributed by atoms with Crippen LogP contribution in [0.2, 0.25) is 0 Å². The minimum Gasteiger partial charge on any atom is -0.493 e. The van der Waals surface area contributed by atoms with Gasteiger partial charge in [-0.15, -0.1) is 0 Å². The third-order valence-electron chi connectivity index (χ3n) is 6.20. The second kappa shape index (κ2) is 12.4. The molecular formula is C27H38N2O4. The molecule has 0 saturated heterocycles. The van der Waals surface area contributed by atoms with E-state index in [2.05, 4.69) is 6.07 Å². The number of hydrogen-bond donors (Lipinski definition) is 0. The molecule has 6 heteroatoms. The molecule has 0 aliphatic carbocycles. The molecule has 0 bridgehead atoms. The van der Waals surface area contributed by atoms with E-state index in [0.717, 1.165) is 11.1 Å². The minimum atomic E-state index is -2.24. The molecule has 0 spiro atoms. The van der Waals surface area contributed by atoms with Gasteiger partial charge in [-0.05, 0) is 74.1 Å². The van der Waals surface area contributed by atoms with Crippen molar-refractivity contribution in [3.05, 3.63) is 47.5 Å². The van der Waals surface area contributed by atoms with Gasteiger partial charge < -0.3 is 23.8 Å². The van der Waals surface area contributed by atoms with Crippen molar-refractivity contribution in [1.82, 2.24) is 4.90 Å². The van der Waals surface area contributed by atoms with Crippen LogP contribution in [0.5, 0.6) is 23.0 Å². The van der Waals surface area contributed by atoms with Gasteiger partial charge >= 0.3 is 0 Å². The maximum absolute atomic E-state index is 10.3. The molecule has 180 valence electrons. The first-order chi connectivity index (χ1) is 17.1. The van der Waals surface area contributed by atoms with E-state index >= 15 is 0 Å². The molecule has 0 fully saturated rings.